The van der Waals surface area contributed by atoms with E-state index in [1.807, 2.05) is 0 Å². The van der Waals surface area contributed by atoms with Crippen molar-refractivity contribution in [2.24, 2.45) is 0 Å². The van der Waals surface area contributed by atoms with E-state index in [1.165, 1.54) is 0 Å². The summed E-state index contributed by atoms with van der Waals surface area (Å²) in [5, 5.41) is 20.4. The van der Waals surface area contributed by atoms with Crippen molar-refractivity contribution < 1.29 is 18.6 Å². The van der Waals surface area contributed by atoms with Gasteiger partial charge in [0.25, 0.3) is 0 Å². The van der Waals surface area contributed by atoms with Crippen molar-refractivity contribution in [3.63, 3.8) is 0 Å². The van der Waals surface area contributed by atoms with Gasteiger partial charge in [0.15, 0.2) is 0 Å². The zero-order valence-corrected chi connectivity index (χ0v) is 6.44. The number of hydrogen-bond donors (Lipinski definition) is 0. The third-order valence-electron chi connectivity index (χ3n) is 1.39. The smallest absolute Gasteiger partial charge is 0.258 e. The van der Waals surface area contributed by atoms with E-state index in [9.17, 15) is 29.0 Å². The lowest BCUT2D eigenvalue weighted by atomic mass is 10.2. The Hall–Kier alpha value is -2.12. The van der Waals surface area contributed by atoms with Gasteiger partial charge in [-0.3, -0.25) is 20.2 Å². The molecular formula is C6H2F2N2O4. The number of rotatable bonds is 2. The third-order valence-corrected chi connectivity index (χ3v) is 1.39. The van der Waals surface area contributed by atoms with E-state index in [1.54, 1.807) is 0 Å². The average Bonchev–Trinajstić information content (AvgIpc) is 2.01. The van der Waals surface area contributed by atoms with Crippen molar-refractivity contribution in [1.29, 1.82) is 0 Å². The van der Waals surface area contributed by atoms with Gasteiger partial charge in [0.2, 0.25) is 5.82 Å². The van der Waals surface area contributed by atoms with Gasteiger partial charge >= 0.3 is 11.4 Å². The summed E-state index contributed by atoms with van der Waals surface area (Å²) in [6.45, 7) is 0. The summed E-state index contributed by atoms with van der Waals surface area (Å²) in [5.74, 6) is -2.80. The van der Waals surface area contributed by atoms with Crippen molar-refractivity contribution in [2.75, 3.05) is 0 Å². The summed E-state index contributed by atoms with van der Waals surface area (Å²) in [6.07, 6.45) is 0. The molecule has 0 saturated carbocycles. The summed E-state index contributed by atoms with van der Waals surface area (Å²) < 4.78 is 25.2. The summed E-state index contributed by atoms with van der Waals surface area (Å²) in [4.78, 5) is 17.9. The molecule has 0 unspecified atom stereocenters. The molecule has 0 aromatic heterocycles. The van der Waals surface area contributed by atoms with E-state index in [0.29, 0.717) is 6.07 Å². The van der Waals surface area contributed by atoms with Crippen LogP contribution in [0.5, 0.6) is 0 Å². The molecule has 1 aromatic carbocycles. The highest BCUT2D eigenvalue weighted by Gasteiger charge is 2.30. The molecule has 0 saturated heterocycles. The SMILES string of the molecule is O=[N+]([O-])c1cc(F)cc(F)c1[N+](=O)[O-]. The van der Waals surface area contributed by atoms with Crippen LogP contribution in [-0.2, 0) is 0 Å². The van der Waals surface area contributed by atoms with Crippen LogP contribution >= 0.6 is 0 Å². The van der Waals surface area contributed by atoms with Crippen LogP contribution in [0.25, 0.3) is 0 Å². The first-order chi connectivity index (χ1) is 6.43. The number of benzene rings is 1. The minimum Gasteiger partial charge on any atom is -0.258 e. The van der Waals surface area contributed by atoms with E-state index in [0.717, 1.165) is 0 Å². The van der Waals surface area contributed by atoms with Crippen LogP contribution in [0.3, 0.4) is 0 Å². The fourth-order valence-corrected chi connectivity index (χ4v) is 0.872. The minimum atomic E-state index is -1.57. The first kappa shape index (κ1) is 9.96. The number of nitrogens with zero attached hydrogens (tertiary/aromatic N) is 2. The molecule has 0 atom stereocenters. The van der Waals surface area contributed by atoms with E-state index < -0.39 is 32.9 Å². The van der Waals surface area contributed by atoms with Crippen LogP contribution in [0, 0.1) is 31.9 Å². The Balaban J connectivity index is 3.52. The second-order valence-corrected chi connectivity index (χ2v) is 2.27. The van der Waals surface area contributed by atoms with Crippen molar-refractivity contribution in [1.82, 2.24) is 0 Å². The lowest BCUT2D eigenvalue weighted by molar-refractivity contribution is -0.424. The molecule has 0 radical (unpaired) electrons. The van der Waals surface area contributed by atoms with Gasteiger partial charge in [0, 0.05) is 6.07 Å². The Morgan fingerprint density at radius 3 is 2.07 bits per heavy atom. The van der Waals surface area contributed by atoms with Crippen LogP contribution < -0.4 is 0 Å². The molecule has 1 rings (SSSR count). The van der Waals surface area contributed by atoms with E-state index in [-0.39, 0.29) is 6.07 Å². The monoisotopic (exact) mass is 204 g/mol. The standard InChI is InChI=1S/C6H2F2N2O4/c7-3-1-4(8)6(10(13)14)5(2-3)9(11)12/h1-2H. The van der Waals surface area contributed by atoms with Crippen LogP contribution in [0.4, 0.5) is 20.2 Å². The molecule has 74 valence electrons. The molecule has 0 aliphatic carbocycles. The molecule has 14 heavy (non-hydrogen) atoms. The molecule has 0 heterocycles. The Morgan fingerprint density at radius 2 is 1.64 bits per heavy atom. The number of halogens is 2. The predicted octanol–water partition coefficient (Wildman–Crippen LogP) is 1.78. The van der Waals surface area contributed by atoms with Gasteiger partial charge in [-0.1, -0.05) is 0 Å². The van der Waals surface area contributed by atoms with Crippen molar-refractivity contribution in [3.8, 4) is 0 Å². The molecule has 6 nitrogen and oxygen atoms in total. The van der Waals surface area contributed by atoms with Crippen molar-refractivity contribution >= 4 is 11.4 Å². The molecular weight excluding hydrogens is 202 g/mol. The van der Waals surface area contributed by atoms with E-state index in [4.69, 9.17) is 0 Å². The van der Waals surface area contributed by atoms with Crippen LogP contribution in [-0.4, -0.2) is 9.85 Å². The molecule has 0 N–H and O–H groups in total. The number of nitro benzene ring substituents is 2. The zero-order chi connectivity index (χ0) is 10.9. The second-order valence-electron chi connectivity index (χ2n) is 2.27. The molecule has 8 heteroatoms. The highest BCUT2D eigenvalue weighted by atomic mass is 19.1. The number of nitro groups is 2. The molecule has 0 aliphatic heterocycles. The normalized spacial score (nSPS) is 9.86. The average molecular weight is 204 g/mol. The lowest BCUT2D eigenvalue weighted by Crippen LogP contribution is -2.00. The Bertz CT molecular complexity index is 421. The van der Waals surface area contributed by atoms with Gasteiger partial charge in [-0.05, 0) is 0 Å². The maximum Gasteiger partial charge on any atom is 0.381 e. The van der Waals surface area contributed by atoms with Gasteiger partial charge in [0.1, 0.15) is 5.82 Å². The topological polar surface area (TPSA) is 86.3 Å². The quantitative estimate of drug-likeness (QED) is 0.542. The minimum absolute atomic E-state index is 0.213. The second kappa shape index (κ2) is 3.32. The maximum atomic E-state index is 12.7. The largest absolute Gasteiger partial charge is 0.381 e. The van der Waals surface area contributed by atoms with Crippen LogP contribution in [0.2, 0.25) is 0 Å². The molecule has 0 amide bonds. The molecule has 0 bridgehead atoms. The van der Waals surface area contributed by atoms with Gasteiger partial charge in [-0.25, -0.2) is 4.39 Å². The highest BCUT2D eigenvalue weighted by molar-refractivity contribution is 5.53. The van der Waals surface area contributed by atoms with Gasteiger partial charge in [-0.2, -0.15) is 4.39 Å². The first-order valence-electron chi connectivity index (χ1n) is 3.21. The fourth-order valence-electron chi connectivity index (χ4n) is 0.872. The molecule has 0 aliphatic rings. The zero-order valence-electron chi connectivity index (χ0n) is 6.44. The Kier molecular flexibility index (Phi) is 2.36. The van der Waals surface area contributed by atoms with Gasteiger partial charge in [0.05, 0.1) is 15.9 Å². The summed E-state index contributed by atoms with van der Waals surface area (Å²) in [7, 11) is 0. The fraction of sp³-hybridized carbons (Fsp3) is 0. The van der Waals surface area contributed by atoms with Crippen molar-refractivity contribution in [2.45, 2.75) is 0 Å². The van der Waals surface area contributed by atoms with Crippen LogP contribution in [0.1, 0.15) is 0 Å². The Morgan fingerprint density at radius 1 is 1.07 bits per heavy atom. The van der Waals surface area contributed by atoms with E-state index in [2.05, 4.69) is 0 Å². The highest BCUT2D eigenvalue weighted by Crippen LogP contribution is 2.30. The number of hydrogen-bond acceptors (Lipinski definition) is 4. The van der Waals surface area contributed by atoms with Crippen LogP contribution in [0.15, 0.2) is 12.1 Å². The summed E-state index contributed by atoms with van der Waals surface area (Å²) in [6, 6.07) is 0.506. The molecule has 0 spiro atoms. The van der Waals surface area contributed by atoms with Gasteiger partial charge < -0.3 is 0 Å². The third kappa shape index (κ3) is 1.63. The summed E-state index contributed by atoms with van der Waals surface area (Å²) >= 11 is 0. The van der Waals surface area contributed by atoms with E-state index >= 15 is 0 Å². The molecule has 0 fully saturated rings. The maximum absolute atomic E-state index is 12.7. The predicted molar refractivity (Wildman–Crippen MR) is 39.7 cm³/mol. The van der Waals surface area contributed by atoms with Crippen molar-refractivity contribution in [3.05, 3.63) is 44.0 Å². The summed E-state index contributed by atoms with van der Waals surface area (Å²) in [5.41, 5.74) is -2.54. The van der Waals surface area contributed by atoms with Gasteiger partial charge in [-0.15, -0.1) is 0 Å². The molecule has 1 aromatic rings. The lowest BCUT2D eigenvalue weighted by Gasteiger charge is -1.95. The Labute approximate surface area is 75.1 Å². The first-order valence-corrected chi connectivity index (χ1v) is 3.21.